The van der Waals surface area contributed by atoms with Gasteiger partial charge < -0.3 is 14.8 Å². The molecule has 0 aliphatic heterocycles. The minimum absolute atomic E-state index is 0.318. The van der Waals surface area contributed by atoms with Gasteiger partial charge >= 0.3 is 0 Å². The van der Waals surface area contributed by atoms with Gasteiger partial charge in [0.1, 0.15) is 17.1 Å². The van der Waals surface area contributed by atoms with Crippen LogP contribution in [0.4, 0.5) is 5.69 Å². The Labute approximate surface area is 193 Å². The fourth-order valence-corrected chi connectivity index (χ4v) is 4.19. The van der Waals surface area contributed by atoms with Crippen molar-refractivity contribution in [3.05, 3.63) is 77.7 Å². The lowest BCUT2D eigenvalue weighted by Crippen LogP contribution is -2.14. The predicted octanol–water partition coefficient (Wildman–Crippen LogP) is 4.79. The number of amides is 1. The van der Waals surface area contributed by atoms with E-state index in [1.807, 2.05) is 53.9 Å². The normalized spacial score (nSPS) is 10.8. The summed E-state index contributed by atoms with van der Waals surface area (Å²) in [6.45, 7) is 0. The Morgan fingerprint density at radius 2 is 1.67 bits per heavy atom. The van der Waals surface area contributed by atoms with Crippen LogP contribution in [0.5, 0.6) is 11.5 Å². The lowest BCUT2D eigenvalue weighted by atomic mass is 10.1. The third-order valence-electron chi connectivity index (χ3n) is 5.10. The van der Waals surface area contributed by atoms with Crippen molar-refractivity contribution in [2.45, 2.75) is 0 Å². The van der Waals surface area contributed by atoms with Crippen LogP contribution in [0.1, 0.15) is 10.4 Å². The van der Waals surface area contributed by atoms with Gasteiger partial charge in [0.05, 0.1) is 24.8 Å². The maximum Gasteiger partial charge on any atom is 0.263 e. The summed E-state index contributed by atoms with van der Waals surface area (Å²) in [5, 5.41) is 18.1. The van der Waals surface area contributed by atoms with Gasteiger partial charge in [-0.15, -0.1) is 21.5 Å². The molecule has 0 atom stereocenters. The molecule has 0 fully saturated rings. The molecule has 0 aliphatic carbocycles. The minimum atomic E-state index is -0.318. The smallest absolute Gasteiger partial charge is 0.263 e. The Hall–Kier alpha value is -4.24. The highest BCUT2D eigenvalue weighted by Gasteiger charge is 2.18. The Balaban J connectivity index is 1.41. The van der Waals surface area contributed by atoms with E-state index in [4.69, 9.17) is 14.6 Å². The molecule has 9 heteroatoms. The van der Waals surface area contributed by atoms with Crippen molar-refractivity contribution in [3.8, 4) is 33.5 Å². The number of fused-ring (bicyclic) bond motifs is 1. The van der Waals surface area contributed by atoms with E-state index in [1.54, 1.807) is 34.1 Å². The topological polar surface area (TPSA) is 90.6 Å². The van der Waals surface area contributed by atoms with Crippen molar-refractivity contribution in [3.63, 3.8) is 0 Å². The Kier molecular flexibility index (Phi) is 5.45. The number of thiophene rings is 1. The van der Waals surface area contributed by atoms with Crippen LogP contribution >= 0.6 is 11.3 Å². The number of hydrogen-bond donors (Lipinski definition) is 1. The average Bonchev–Trinajstić information content (AvgIpc) is 3.53. The molecule has 33 heavy (non-hydrogen) atoms. The fourth-order valence-electron chi connectivity index (χ4n) is 3.50. The second-order valence-electron chi connectivity index (χ2n) is 7.06. The van der Waals surface area contributed by atoms with Crippen LogP contribution in [0.2, 0.25) is 0 Å². The zero-order valence-corrected chi connectivity index (χ0v) is 18.7. The number of benzene rings is 2. The summed E-state index contributed by atoms with van der Waals surface area (Å²) in [5.41, 5.74) is 3.32. The summed E-state index contributed by atoms with van der Waals surface area (Å²) < 4.78 is 12.4. The lowest BCUT2D eigenvalue weighted by molar-refractivity contribution is 0.102. The number of carbonyl (C=O) groups is 1. The van der Waals surface area contributed by atoms with Gasteiger partial charge in [0.15, 0.2) is 11.5 Å². The van der Waals surface area contributed by atoms with Crippen LogP contribution in [0.25, 0.3) is 27.6 Å². The summed E-state index contributed by atoms with van der Waals surface area (Å²) in [4.78, 5) is 13.9. The molecule has 8 nitrogen and oxygen atoms in total. The Morgan fingerprint density at radius 3 is 2.33 bits per heavy atom. The number of rotatable bonds is 6. The Morgan fingerprint density at radius 1 is 0.909 bits per heavy atom. The number of carbonyl (C=O) groups excluding carboxylic acids is 1. The van der Waals surface area contributed by atoms with Crippen LogP contribution in [0.3, 0.4) is 0 Å². The second kappa shape index (κ2) is 8.71. The summed E-state index contributed by atoms with van der Waals surface area (Å²) in [6.07, 6.45) is 0. The molecule has 0 radical (unpaired) electrons. The number of methoxy groups -OCH3 is 2. The molecular weight excluding hydrogens is 438 g/mol. The van der Waals surface area contributed by atoms with Gasteiger partial charge in [-0.25, -0.2) is 0 Å². The van der Waals surface area contributed by atoms with Gasteiger partial charge in [0.2, 0.25) is 0 Å². The van der Waals surface area contributed by atoms with Crippen molar-refractivity contribution >= 4 is 28.6 Å². The minimum Gasteiger partial charge on any atom is -0.496 e. The number of nitrogens with zero attached hydrogens (tertiary/aromatic N) is 4. The number of aromatic nitrogens is 4. The molecule has 0 saturated carbocycles. The predicted molar refractivity (Wildman–Crippen MR) is 127 cm³/mol. The molecule has 0 unspecified atom stereocenters. The number of hydrogen-bond acceptors (Lipinski definition) is 7. The van der Waals surface area contributed by atoms with E-state index in [0.717, 1.165) is 16.1 Å². The van der Waals surface area contributed by atoms with Crippen LogP contribution in [0.15, 0.2) is 72.1 Å². The standard InChI is InChI=1S/C24H19N5O3S/c1-31-18-5-3-6-19(32-2)22(18)24(30)25-16-10-8-15(9-11-16)17-12-13-21-26-27-23(29(21)28-17)20-7-4-14-33-20/h3-14H,1-2H3,(H,25,30). The molecule has 3 aromatic heterocycles. The van der Waals surface area contributed by atoms with Crippen LogP contribution in [-0.2, 0) is 0 Å². The quantitative estimate of drug-likeness (QED) is 0.394. The highest BCUT2D eigenvalue weighted by atomic mass is 32.1. The monoisotopic (exact) mass is 457 g/mol. The number of nitrogens with one attached hydrogen (secondary N) is 1. The lowest BCUT2D eigenvalue weighted by Gasteiger charge is -2.13. The third-order valence-corrected chi connectivity index (χ3v) is 5.96. The zero-order chi connectivity index (χ0) is 22.8. The first-order valence-corrected chi connectivity index (χ1v) is 10.9. The first kappa shape index (κ1) is 20.7. The average molecular weight is 458 g/mol. The molecule has 2 aromatic carbocycles. The first-order valence-electron chi connectivity index (χ1n) is 10.1. The molecule has 0 aliphatic rings. The van der Waals surface area contributed by atoms with E-state index >= 15 is 0 Å². The summed E-state index contributed by atoms with van der Waals surface area (Å²) in [6, 6.07) is 20.4. The molecule has 164 valence electrons. The molecule has 0 bridgehead atoms. The van der Waals surface area contributed by atoms with Crippen LogP contribution < -0.4 is 14.8 Å². The molecule has 1 amide bonds. The summed E-state index contributed by atoms with van der Waals surface area (Å²) in [5.74, 6) is 1.27. The Bertz CT molecular complexity index is 1410. The number of anilines is 1. The maximum absolute atomic E-state index is 12.9. The van der Waals surface area contributed by atoms with Gasteiger partial charge in [0.25, 0.3) is 5.91 Å². The first-order chi connectivity index (χ1) is 16.2. The van der Waals surface area contributed by atoms with Gasteiger partial charge in [-0.1, -0.05) is 24.3 Å². The number of ether oxygens (including phenoxy) is 2. The summed E-state index contributed by atoms with van der Waals surface area (Å²) >= 11 is 1.59. The van der Waals surface area contributed by atoms with Gasteiger partial charge in [0, 0.05) is 11.3 Å². The van der Waals surface area contributed by atoms with Crippen molar-refractivity contribution in [2.75, 3.05) is 19.5 Å². The van der Waals surface area contributed by atoms with Crippen LogP contribution in [-0.4, -0.2) is 39.9 Å². The van der Waals surface area contributed by atoms with Gasteiger partial charge in [-0.3, -0.25) is 4.79 Å². The van der Waals surface area contributed by atoms with E-state index in [-0.39, 0.29) is 5.91 Å². The van der Waals surface area contributed by atoms with Crippen molar-refractivity contribution in [2.24, 2.45) is 0 Å². The van der Waals surface area contributed by atoms with E-state index in [0.29, 0.717) is 34.2 Å². The van der Waals surface area contributed by atoms with E-state index in [1.165, 1.54) is 14.2 Å². The SMILES string of the molecule is COc1cccc(OC)c1C(=O)Nc1ccc(-c2ccc3nnc(-c4cccs4)n3n2)cc1. The van der Waals surface area contributed by atoms with Crippen molar-refractivity contribution < 1.29 is 14.3 Å². The maximum atomic E-state index is 12.9. The van der Waals surface area contributed by atoms with Crippen molar-refractivity contribution in [1.82, 2.24) is 19.8 Å². The third kappa shape index (κ3) is 3.90. The highest BCUT2D eigenvalue weighted by molar-refractivity contribution is 7.13. The van der Waals surface area contributed by atoms with E-state index < -0.39 is 0 Å². The molecular formula is C24H19N5O3S. The highest BCUT2D eigenvalue weighted by Crippen LogP contribution is 2.30. The van der Waals surface area contributed by atoms with Gasteiger partial charge in [-0.2, -0.15) is 9.61 Å². The zero-order valence-electron chi connectivity index (χ0n) is 17.9. The molecule has 5 rings (SSSR count). The molecule has 0 spiro atoms. The fraction of sp³-hybridized carbons (Fsp3) is 0.0833. The largest absolute Gasteiger partial charge is 0.496 e. The molecule has 5 aromatic rings. The van der Waals surface area contributed by atoms with E-state index in [2.05, 4.69) is 15.5 Å². The molecule has 3 heterocycles. The molecule has 1 N–H and O–H groups in total. The van der Waals surface area contributed by atoms with Gasteiger partial charge in [-0.05, 0) is 47.8 Å². The van der Waals surface area contributed by atoms with E-state index in [9.17, 15) is 4.79 Å². The van der Waals surface area contributed by atoms with Crippen LogP contribution in [0, 0.1) is 0 Å². The summed E-state index contributed by atoms with van der Waals surface area (Å²) in [7, 11) is 3.04. The second-order valence-corrected chi connectivity index (χ2v) is 8.01. The van der Waals surface area contributed by atoms with Crippen molar-refractivity contribution in [1.29, 1.82) is 0 Å². The molecule has 0 saturated heterocycles.